The molecule has 1 aromatic heterocycles. The highest BCUT2D eigenvalue weighted by Gasteiger charge is 2.36. The average Bonchev–Trinajstić information content (AvgIpc) is 3.14. The van der Waals surface area contributed by atoms with E-state index in [2.05, 4.69) is 26.3 Å². The highest BCUT2D eigenvalue weighted by molar-refractivity contribution is 5.46. The molecule has 0 aromatic carbocycles. The summed E-state index contributed by atoms with van der Waals surface area (Å²) >= 11 is 0. The van der Waals surface area contributed by atoms with Crippen molar-refractivity contribution in [2.24, 2.45) is 5.92 Å². The fourth-order valence-corrected chi connectivity index (χ4v) is 4.10. The SMILES string of the molecule is Nc1nc(C2CCCC2)cc(N2CC3CCNC3C2)n1. The van der Waals surface area contributed by atoms with Gasteiger partial charge in [-0.15, -0.1) is 0 Å². The van der Waals surface area contributed by atoms with E-state index < -0.39 is 0 Å². The van der Waals surface area contributed by atoms with Gasteiger partial charge in [0.15, 0.2) is 0 Å². The molecule has 0 bridgehead atoms. The summed E-state index contributed by atoms with van der Waals surface area (Å²) < 4.78 is 0. The Bertz CT molecular complexity index is 485. The Balaban J connectivity index is 1.58. The first-order chi connectivity index (χ1) is 9.79. The monoisotopic (exact) mass is 273 g/mol. The van der Waals surface area contributed by atoms with Gasteiger partial charge in [0.2, 0.25) is 5.95 Å². The van der Waals surface area contributed by atoms with Gasteiger partial charge in [0, 0.05) is 31.1 Å². The van der Waals surface area contributed by atoms with Crippen molar-refractivity contribution in [3.63, 3.8) is 0 Å². The number of anilines is 2. The molecule has 1 aromatic rings. The van der Waals surface area contributed by atoms with Crippen LogP contribution in [0.2, 0.25) is 0 Å². The highest BCUT2D eigenvalue weighted by Crippen LogP contribution is 2.35. The Kier molecular flexibility index (Phi) is 3.02. The molecular weight excluding hydrogens is 250 g/mol. The molecule has 2 aliphatic heterocycles. The van der Waals surface area contributed by atoms with E-state index in [0.717, 1.165) is 30.5 Å². The maximum Gasteiger partial charge on any atom is 0.222 e. The third-order valence-corrected chi connectivity index (χ3v) is 5.21. The fourth-order valence-electron chi connectivity index (χ4n) is 4.10. The number of hydrogen-bond acceptors (Lipinski definition) is 5. The number of aromatic nitrogens is 2. The van der Waals surface area contributed by atoms with Crippen LogP contribution < -0.4 is 16.0 Å². The van der Waals surface area contributed by atoms with Crippen molar-refractivity contribution in [3.05, 3.63) is 11.8 Å². The molecule has 3 fully saturated rings. The van der Waals surface area contributed by atoms with Crippen LogP contribution in [0.1, 0.15) is 43.7 Å². The Hall–Kier alpha value is -1.36. The first-order valence-electron chi connectivity index (χ1n) is 7.92. The van der Waals surface area contributed by atoms with Crippen LogP contribution in [0.4, 0.5) is 11.8 Å². The van der Waals surface area contributed by atoms with Gasteiger partial charge in [0.05, 0.1) is 5.69 Å². The quantitative estimate of drug-likeness (QED) is 0.855. The molecule has 2 unspecified atom stereocenters. The van der Waals surface area contributed by atoms with Crippen molar-refractivity contribution in [2.45, 2.75) is 44.1 Å². The summed E-state index contributed by atoms with van der Waals surface area (Å²) in [5, 5.41) is 3.59. The average molecular weight is 273 g/mol. The van der Waals surface area contributed by atoms with Crippen LogP contribution in [0.5, 0.6) is 0 Å². The molecule has 5 nitrogen and oxygen atoms in total. The molecule has 3 heterocycles. The molecule has 1 aliphatic carbocycles. The second-order valence-electron chi connectivity index (χ2n) is 6.50. The Morgan fingerprint density at radius 2 is 2.00 bits per heavy atom. The van der Waals surface area contributed by atoms with Crippen LogP contribution >= 0.6 is 0 Å². The zero-order valence-electron chi connectivity index (χ0n) is 11.9. The van der Waals surface area contributed by atoms with Crippen LogP contribution in [0.25, 0.3) is 0 Å². The number of hydrogen-bond donors (Lipinski definition) is 2. The second-order valence-corrected chi connectivity index (χ2v) is 6.50. The van der Waals surface area contributed by atoms with Crippen LogP contribution in [0.3, 0.4) is 0 Å². The van der Waals surface area contributed by atoms with Crippen LogP contribution in [-0.4, -0.2) is 35.6 Å². The molecule has 2 saturated heterocycles. The van der Waals surface area contributed by atoms with Gasteiger partial charge in [-0.3, -0.25) is 0 Å². The van der Waals surface area contributed by atoms with Gasteiger partial charge in [-0.2, -0.15) is 4.98 Å². The summed E-state index contributed by atoms with van der Waals surface area (Å²) in [5.74, 6) is 2.85. The van der Waals surface area contributed by atoms with E-state index in [1.807, 2.05) is 0 Å². The second kappa shape index (κ2) is 4.88. The summed E-state index contributed by atoms with van der Waals surface area (Å²) in [6.07, 6.45) is 6.44. The van der Waals surface area contributed by atoms with Gasteiger partial charge in [-0.25, -0.2) is 4.98 Å². The van der Waals surface area contributed by atoms with E-state index in [4.69, 9.17) is 5.73 Å². The van der Waals surface area contributed by atoms with E-state index in [9.17, 15) is 0 Å². The zero-order chi connectivity index (χ0) is 13.5. The number of rotatable bonds is 2. The third-order valence-electron chi connectivity index (χ3n) is 5.21. The minimum absolute atomic E-state index is 0.439. The summed E-state index contributed by atoms with van der Waals surface area (Å²) in [7, 11) is 0. The Labute approximate surface area is 120 Å². The topological polar surface area (TPSA) is 67.1 Å². The number of nitrogen functional groups attached to an aromatic ring is 1. The van der Waals surface area contributed by atoms with Crippen molar-refractivity contribution >= 4 is 11.8 Å². The van der Waals surface area contributed by atoms with Gasteiger partial charge in [0.25, 0.3) is 0 Å². The lowest BCUT2D eigenvalue weighted by Crippen LogP contribution is -2.30. The van der Waals surface area contributed by atoms with E-state index in [-0.39, 0.29) is 0 Å². The van der Waals surface area contributed by atoms with E-state index in [1.54, 1.807) is 0 Å². The largest absolute Gasteiger partial charge is 0.368 e. The lowest BCUT2D eigenvalue weighted by Gasteiger charge is -2.20. The molecule has 3 N–H and O–H groups in total. The first-order valence-corrected chi connectivity index (χ1v) is 7.92. The van der Waals surface area contributed by atoms with Gasteiger partial charge in [0.1, 0.15) is 5.82 Å². The molecule has 4 rings (SSSR count). The maximum atomic E-state index is 5.95. The molecule has 0 radical (unpaired) electrons. The standard InChI is InChI=1S/C15H23N5/c16-15-18-12(10-3-1-2-4-10)7-14(19-15)20-8-11-5-6-17-13(11)9-20/h7,10-11,13,17H,1-6,8-9H2,(H2,16,18,19). The van der Waals surface area contributed by atoms with Gasteiger partial charge in [-0.1, -0.05) is 12.8 Å². The van der Waals surface area contributed by atoms with E-state index >= 15 is 0 Å². The van der Waals surface area contributed by atoms with Crippen molar-refractivity contribution in [2.75, 3.05) is 30.3 Å². The molecule has 108 valence electrons. The first kappa shape index (κ1) is 12.4. The third kappa shape index (κ3) is 2.14. The van der Waals surface area contributed by atoms with Gasteiger partial charge < -0.3 is 16.0 Å². The number of nitrogens with two attached hydrogens (primary N) is 1. The van der Waals surface area contributed by atoms with Crippen LogP contribution in [-0.2, 0) is 0 Å². The van der Waals surface area contributed by atoms with Crippen LogP contribution in [0.15, 0.2) is 6.07 Å². The number of nitrogens with one attached hydrogen (secondary N) is 1. The molecule has 20 heavy (non-hydrogen) atoms. The van der Waals surface area contributed by atoms with Crippen molar-refractivity contribution in [3.8, 4) is 0 Å². The van der Waals surface area contributed by atoms with Crippen molar-refractivity contribution in [1.29, 1.82) is 0 Å². The lowest BCUT2D eigenvalue weighted by molar-refractivity contribution is 0.556. The van der Waals surface area contributed by atoms with E-state index in [1.165, 1.54) is 38.6 Å². The predicted molar refractivity (Wildman–Crippen MR) is 79.8 cm³/mol. The molecular formula is C15H23N5. The van der Waals surface area contributed by atoms with Gasteiger partial charge in [-0.05, 0) is 31.7 Å². The smallest absolute Gasteiger partial charge is 0.222 e. The molecule has 0 amide bonds. The molecule has 0 spiro atoms. The Morgan fingerprint density at radius 3 is 2.80 bits per heavy atom. The lowest BCUT2D eigenvalue weighted by atomic mass is 10.0. The highest BCUT2D eigenvalue weighted by atomic mass is 15.3. The maximum absolute atomic E-state index is 5.95. The molecule has 3 aliphatic rings. The fraction of sp³-hybridized carbons (Fsp3) is 0.733. The molecule has 1 saturated carbocycles. The summed E-state index contributed by atoms with van der Waals surface area (Å²) in [5.41, 5.74) is 7.11. The zero-order valence-corrected chi connectivity index (χ0v) is 11.9. The van der Waals surface area contributed by atoms with Crippen molar-refractivity contribution in [1.82, 2.24) is 15.3 Å². The van der Waals surface area contributed by atoms with E-state index in [0.29, 0.717) is 17.9 Å². The normalized spacial score (nSPS) is 30.1. The van der Waals surface area contributed by atoms with Gasteiger partial charge >= 0.3 is 0 Å². The molecule has 2 atom stereocenters. The number of nitrogens with zero attached hydrogens (tertiary/aromatic N) is 3. The minimum atomic E-state index is 0.439. The van der Waals surface area contributed by atoms with Crippen LogP contribution in [0, 0.1) is 5.92 Å². The minimum Gasteiger partial charge on any atom is -0.368 e. The summed E-state index contributed by atoms with van der Waals surface area (Å²) in [4.78, 5) is 11.4. The molecule has 5 heteroatoms. The predicted octanol–water partition coefficient (Wildman–Crippen LogP) is 1.51. The summed E-state index contributed by atoms with van der Waals surface area (Å²) in [6.45, 7) is 3.34. The Morgan fingerprint density at radius 1 is 1.15 bits per heavy atom. The number of fused-ring (bicyclic) bond motifs is 1. The summed E-state index contributed by atoms with van der Waals surface area (Å²) in [6, 6.07) is 2.83. The van der Waals surface area contributed by atoms with Crippen molar-refractivity contribution < 1.29 is 0 Å².